The number of aryl methyl sites for hydroxylation is 1. The van der Waals surface area contributed by atoms with E-state index in [0.29, 0.717) is 18.2 Å². The van der Waals surface area contributed by atoms with E-state index in [9.17, 15) is 4.39 Å². The summed E-state index contributed by atoms with van der Waals surface area (Å²) in [7, 11) is 0. The van der Waals surface area contributed by atoms with Gasteiger partial charge in [-0.05, 0) is 56.2 Å². The fourth-order valence-electron chi connectivity index (χ4n) is 2.56. The van der Waals surface area contributed by atoms with E-state index in [0.717, 1.165) is 29.9 Å². The van der Waals surface area contributed by atoms with E-state index >= 15 is 0 Å². The lowest BCUT2D eigenvalue weighted by Gasteiger charge is -2.21. The predicted octanol–water partition coefficient (Wildman–Crippen LogP) is 3.91. The second-order valence-electron chi connectivity index (χ2n) is 5.65. The number of rotatable bonds is 6. The molecule has 0 fully saturated rings. The van der Waals surface area contributed by atoms with Gasteiger partial charge in [0.15, 0.2) is 5.96 Å². The van der Waals surface area contributed by atoms with Crippen LogP contribution in [0.15, 0.2) is 47.5 Å². The molecule has 0 aromatic heterocycles. The first-order chi connectivity index (χ1) is 11.5. The molecule has 2 aromatic carbocycles. The molecule has 2 rings (SSSR count). The quantitative estimate of drug-likeness (QED) is 0.624. The summed E-state index contributed by atoms with van der Waals surface area (Å²) >= 11 is 0. The van der Waals surface area contributed by atoms with Crippen LogP contribution in [0.25, 0.3) is 0 Å². The van der Waals surface area contributed by atoms with Crippen LogP contribution in [0.3, 0.4) is 0 Å². The number of guanidine groups is 1. The van der Waals surface area contributed by atoms with Gasteiger partial charge in [0.2, 0.25) is 0 Å². The Bertz CT molecular complexity index is 708. The van der Waals surface area contributed by atoms with Crippen molar-refractivity contribution in [2.45, 2.75) is 27.3 Å². The van der Waals surface area contributed by atoms with E-state index in [1.807, 2.05) is 56.0 Å². The monoisotopic (exact) mass is 328 g/mol. The van der Waals surface area contributed by atoms with Crippen LogP contribution in [-0.4, -0.2) is 19.0 Å². The van der Waals surface area contributed by atoms with E-state index in [-0.39, 0.29) is 5.82 Å². The highest BCUT2D eigenvalue weighted by atomic mass is 19.1. The molecule has 0 aliphatic rings. The van der Waals surface area contributed by atoms with E-state index in [1.165, 1.54) is 6.07 Å². The van der Waals surface area contributed by atoms with Gasteiger partial charge in [-0.3, -0.25) is 0 Å². The minimum absolute atomic E-state index is 0.225. The van der Waals surface area contributed by atoms with Gasteiger partial charge in [0.1, 0.15) is 5.82 Å². The van der Waals surface area contributed by atoms with E-state index in [1.54, 1.807) is 6.07 Å². The first kappa shape index (κ1) is 17.8. The number of nitrogens with zero attached hydrogens (tertiary/aromatic N) is 2. The lowest BCUT2D eigenvalue weighted by Crippen LogP contribution is -2.23. The van der Waals surface area contributed by atoms with Gasteiger partial charge < -0.3 is 16.0 Å². The standard InChI is InChI=1S/C19H25FN4/c1-4-24(5-2)18-10-9-15(12-17(18)20)13-22-19(21)23-16-8-6-7-14(3)11-16/h6-12H,4-5,13H2,1-3H3,(H3,21,22,23). The van der Waals surface area contributed by atoms with Gasteiger partial charge in [0, 0.05) is 18.8 Å². The van der Waals surface area contributed by atoms with Gasteiger partial charge in [-0.15, -0.1) is 0 Å². The topological polar surface area (TPSA) is 53.6 Å². The number of benzene rings is 2. The highest BCUT2D eigenvalue weighted by Gasteiger charge is 2.09. The molecule has 0 atom stereocenters. The molecule has 0 unspecified atom stereocenters. The molecule has 0 bridgehead atoms. The van der Waals surface area contributed by atoms with Crippen LogP contribution in [0.4, 0.5) is 15.8 Å². The van der Waals surface area contributed by atoms with Crippen LogP contribution < -0.4 is 16.0 Å². The Morgan fingerprint density at radius 3 is 2.54 bits per heavy atom. The van der Waals surface area contributed by atoms with Gasteiger partial charge >= 0.3 is 0 Å². The Morgan fingerprint density at radius 1 is 1.17 bits per heavy atom. The van der Waals surface area contributed by atoms with Crippen molar-refractivity contribution in [2.24, 2.45) is 10.7 Å². The van der Waals surface area contributed by atoms with Crippen LogP contribution in [0.2, 0.25) is 0 Å². The molecule has 24 heavy (non-hydrogen) atoms. The Morgan fingerprint density at radius 2 is 1.92 bits per heavy atom. The van der Waals surface area contributed by atoms with Gasteiger partial charge in [0.05, 0.1) is 12.2 Å². The Hall–Kier alpha value is -2.56. The zero-order valence-electron chi connectivity index (χ0n) is 14.5. The molecular weight excluding hydrogens is 303 g/mol. The van der Waals surface area contributed by atoms with Crippen molar-refractivity contribution in [3.8, 4) is 0 Å². The fourth-order valence-corrected chi connectivity index (χ4v) is 2.56. The normalized spacial score (nSPS) is 11.4. The minimum Gasteiger partial charge on any atom is -0.370 e. The van der Waals surface area contributed by atoms with Crippen molar-refractivity contribution >= 4 is 17.3 Å². The molecule has 2 aromatic rings. The molecule has 0 aliphatic heterocycles. The van der Waals surface area contributed by atoms with Crippen molar-refractivity contribution in [3.05, 3.63) is 59.4 Å². The molecule has 4 nitrogen and oxygen atoms in total. The van der Waals surface area contributed by atoms with Crippen molar-refractivity contribution < 1.29 is 4.39 Å². The smallest absolute Gasteiger partial charge is 0.193 e. The lowest BCUT2D eigenvalue weighted by molar-refractivity contribution is 0.618. The SMILES string of the molecule is CCN(CC)c1ccc(CN=C(N)Nc2cccc(C)c2)cc1F. The molecule has 0 radical (unpaired) electrons. The van der Waals surface area contributed by atoms with Crippen LogP contribution in [-0.2, 0) is 6.54 Å². The number of nitrogens with one attached hydrogen (secondary N) is 1. The van der Waals surface area contributed by atoms with Crippen molar-refractivity contribution in [1.29, 1.82) is 0 Å². The summed E-state index contributed by atoms with van der Waals surface area (Å²) in [6.45, 7) is 7.92. The van der Waals surface area contributed by atoms with E-state index in [4.69, 9.17) is 5.73 Å². The van der Waals surface area contributed by atoms with Gasteiger partial charge in [0.25, 0.3) is 0 Å². The average Bonchev–Trinajstić information content (AvgIpc) is 2.55. The highest BCUT2D eigenvalue weighted by molar-refractivity contribution is 5.92. The molecule has 0 amide bonds. The van der Waals surface area contributed by atoms with Crippen LogP contribution in [0, 0.1) is 12.7 Å². The second-order valence-corrected chi connectivity index (χ2v) is 5.65. The van der Waals surface area contributed by atoms with Crippen LogP contribution in [0.5, 0.6) is 0 Å². The molecule has 0 spiro atoms. The van der Waals surface area contributed by atoms with Gasteiger partial charge in [-0.1, -0.05) is 18.2 Å². The largest absolute Gasteiger partial charge is 0.370 e. The summed E-state index contributed by atoms with van der Waals surface area (Å²) in [4.78, 5) is 6.26. The number of anilines is 2. The van der Waals surface area contributed by atoms with E-state index < -0.39 is 0 Å². The molecule has 0 heterocycles. The van der Waals surface area contributed by atoms with E-state index in [2.05, 4.69) is 10.3 Å². The zero-order chi connectivity index (χ0) is 17.5. The first-order valence-corrected chi connectivity index (χ1v) is 8.20. The van der Waals surface area contributed by atoms with Gasteiger partial charge in [-0.25, -0.2) is 9.38 Å². The molecule has 0 aliphatic carbocycles. The van der Waals surface area contributed by atoms with Crippen molar-refractivity contribution in [3.63, 3.8) is 0 Å². The Balaban J connectivity index is 2.04. The number of hydrogen-bond donors (Lipinski definition) is 2. The predicted molar refractivity (Wildman–Crippen MR) is 100 cm³/mol. The Labute approximate surface area is 143 Å². The Kier molecular flexibility index (Phi) is 6.18. The minimum atomic E-state index is -0.225. The van der Waals surface area contributed by atoms with Crippen LogP contribution >= 0.6 is 0 Å². The summed E-state index contributed by atoms with van der Waals surface area (Å²) in [6, 6.07) is 13.1. The third-order valence-corrected chi connectivity index (χ3v) is 3.84. The second kappa shape index (κ2) is 8.34. The zero-order valence-corrected chi connectivity index (χ0v) is 14.5. The number of hydrogen-bond acceptors (Lipinski definition) is 2. The summed E-state index contributed by atoms with van der Waals surface area (Å²) in [5.74, 6) is 0.0884. The number of aliphatic imine (C=N–C) groups is 1. The van der Waals surface area contributed by atoms with Crippen molar-refractivity contribution in [2.75, 3.05) is 23.3 Å². The van der Waals surface area contributed by atoms with Gasteiger partial charge in [-0.2, -0.15) is 0 Å². The van der Waals surface area contributed by atoms with Crippen molar-refractivity contribution in [1.82, 2.24) is 0 Å². The molecule has 128 valence electrons. The summed E-state index contributed by atoms with van der Waals surface area (Å²) in [5.41, 5.74) is 9.34. The third-order valence-electron chi connectivity index (χ3n) is 3.84. The third kappa shape index (κ3) is 4.72. The fraction of sp³-hybridized carbons (Fsp3) is 0.316. The lowest BCUT2D eigenvalue weighted by atomic mass is 10.2. The maximum atomic E-state index is 14.3. The number of nitrogens with two attached hydrogens (primary N) is 1. The summed E-state index contributed by atoms with van der Waals surface area (Å²) in [5, 5.41) is 3.04. The maximum Gasteiger partial charge on any atom is 0.193 e. The molecule has 5 heteroatoms. The van der Waals surface area contributed by atoms with Crippen LogP contribution in [0.1, 0.15) is 25.0 Å². The number of halogens is 1. The molecule has 0 saturated carbocycles. The molecule has 3 N–H and O–H groups in total. The summed E-state index contributed by atoms with van der Waals surface area (Å²) < 4.78 is 14.3. The molecule has 0 saturated heterocycles. The molecular formula is C19H25FN4. The average molecular weight is 328 g/mol. The summed E-state index contributed by atoms with van der Waals surface area (Å²) in [6.07, 6.45) is 0. The first-order valence-electron chi connectivity index (χ1n) is 8.20. The maximum absolute atomic E-state index is 14.3. The highest BCUT2D eigenvalue weighted by Crippen LogP contribution is 2.20.